The number of aliphatic imine (C=N–C) groups is 1. The molecule has 1 aromatic rings. The number of halogens is 1. The highest BCUT2D eigenvalue weighted by Gasteiger charge is 2.23. The van der Waals surface area contributed by atoms with Gasteiger partial charge in [-0.3, -0.25) is 9.89 Å². The van der Waals surface area contributed by atoms with Crippen LogP contribution >= 0.6 is 24.0 Å². The summed E-state index contributed by atoms with van der Waals surface area (Å²) in [5.41, 5.74) is 1.33. The summed E-state index contributed by atoms with van der Waals surface area (Å²) in [5.74, 6) is 1.80. The number of unbranched alkanes of at least 4 members (excludes halogenated alkanes) is 1. The van der Waals surface area contributed by atoms with Gasteiger partial charge in [0, 0.05) is 20.1 Å². The van der Waals surface area contributed by atoms with E-state index in [1.807, 2.05) is 19.2 Å². The molecule has 25 heavy (non-hydrogen) atoms. The van der Waals surface area contributed by atoms with Gasteiger partial charge in [0.15, 0.2) is 5.96 Å². The highest BCUT2D eigenvalue weighted by atomic mass is 127. The van der Waals surface area contributed by atoms with E-state index < -0.39 is 0 Å². The quantitative estimate of drug-likeness (QED) is 0.270. The van der Waals surface area contributed by atoms with Crippen LogP contribution in [0.15, 0.2) is 29.3 Å². The van der Waals surface area contributed by atoms with Crippen LogP contribution in [-0.2, 0) is 0 Å². The van der Waals surface area contributed by atoms with Crippen LogP contribution < -0.4 is 15.4 Å². The minimum Gasteiger partial charge on any atom is -0.497 e. The molecule has 1 unspecified atom stereocenters. The largest absolute Gasteiger partial charge is 0.497 e. The summed E-state index contributed by atoms with van der Waals surface area (Å²) >= 11 is 0. The molecule has 1 heterocycles. The first-order valence-corrected chi connectivity index (χ1v) is 9.11. The summed E-state index contributed by atoms with van der Waals surface area (Å²) in [4.78, 5) is 6.90. The van der Waals surface area contributed by atoms with Crippen LogP contribution in [0.25, 0.3) is 0 Å². The first-order chi connectivity index (χ1) is 11.8. The van der Waals surface area contributed by atoms with E-state index in [9.17, 15) is 0 Å². The number of hydrogen-bond donors (Lipinski definition) is 2. The summed E-state index contributed by atoms with van der Waals surface area (Å²) in [6.07, 6.45) is 4.92. The molecule has 0 aliphatic carbocycles. The fourth-order valence-corrected chi connectivity index (χ4v) is 3.13. The van der Waals surface area contributed by atoms with Crippen molar-refractivity contribution < 1.29 is 4.74 Å². The fourth-order valence-electron chi connectivity index (χ4n) is 3.13. The molecule has 0 amide bonds. The Morgan fingerprint density at radius 3 is 2.44 bits per heavy atom. The average molecular weight is 460 g/mol. The first kappa shape index (κ1) is 22.0. The van der Waals surface area contributed by atoms with Gasteiger partial charge in [0.05, 0.1) is 13.2 Å². The van der Waals surface area contributed by atoms with E-state index in [4.69, 9.17) is 4.74 Å². The summed E-state index contributed by atoms with van der Waals surface area (Å²) in [6.45, 7) is 6.36. The van der Waals surface area contributed by atoms with E-state index in [-0.39, 0.29) is 24.0 Å². The Morgan fingerprint density at radius 1 is 1.20 bits per heavy atom. The van der Waals surface area contributed by atoms with E-state index in [0.29, 0.717) is 6.04 Å². The van der Waals surface area contributed by atoms with E-state index >= 15 is 0 Å². The topological polar surface area (TPSA) is 48.9 Å². The summed E-state index contributed by atoms with van der Waals surface area (Å²) < 4.78 is 5.29. The Labute approximate surface area is 169 Å². The van der Waals surface area contributed by atoms with E-state index in [1.54, 1.807) is 7.11 Å². The maximum absolute atomic E-state index is 5.29. The SMILES string of the molecule is CCCCNC(=NC)NCC(c1ccc(OC)cc1)N1CCCC1.I. The van der Waals surface area contributed by atoms with Gasteiger partial charge in [-0.1, -0.05) is 25.5 Å². The van der Waals surface area contributed by atoms with Gasteiger partial charge in [0.2, 0.25) is 0 Å². The lowest BCUT2D eigenvalue weighted by atomic mass is 10.1. The van der Waals surface area contributed by atoms with Gasteiger partial charge in [-0.05, 0) is 50.0 Å². The normalized spacial score (nSPS) is 16.2. The van der Waals surface area contributed by atoms with Crippen molar-refractivity contribution in [2.75, 3.05) is 40.3 Å². The number of likely N-dealkylation sites (tertiary alicyclic amines) is 1. The zero-order chi connectivity index (χ0) is 17.2. The van der Waals surface area contributed by atoms with E-state index in [0.717, 1.165) is 31.2 Å². The molecule has 0 radical (unpaired) electrons. The lowest BCUT2D eigenvalue weighted by molar-refractivity contribution is 0.245. The van der Waals surface area contributed by atoms with Gasteiger partial charge in [0.1, 0.15) is 5.75 Å². The Hall–Kier alpha value is -1.02. The summed E-state index contributed by atoms with van der Waals surface area (Å²) in [7, 11) is 3.54. The number of ether oxygens (including phenoxy) is 1. The molecule has 0 aromatic heterocycles. The zero-order valence-electron chi connectivity index (χ0n) is 15.8. The highest BCUT2D eigenvalue weighted by molar-refractivity contribution is 14.0. The minimum absolute atomic E-state index is 0. The van der Waals surface area contributed by atoms with Crippen LogP contribution in [0, 0.1) is 0 Å². The minimum atomic E-state index is 0. The van der Waals surface area contributed by atoms with Gasteiger partial charge >= 0.3 is 0 Å². The van der Waals surface area contributed by atoms with Crippen molar-refractivity contribution >= 4 is 29.9 Å². The van der Waals surface area contributed by atoms with Crippen LogP contribution in [0.3, 0.4) is 0 Å². The zero-order valence-corrected chi connectivity index (χ0v) is 18.1. The molecule has 1 aromatic carbocycles. The Balaban J connectivity index is 0.00000312. The van der Waals surface area contributed by atoms with Crippen molar-refractivity contribution in [3.8, 4) is 5.75 Å². The van der Waals surface area contributed by atoms with Crippen molar-refractivity contribution in [3.05, 3.63) is 29.8 Å². The van der Waals surface area contributed by atoms with Gasteiger partial charge in [0.25, 0.3) is 0 Å². The smallest absolute Gasteiger partial charge is 0.191 e. The molecule has 6 heteroatoms. The van der Waals surface area contributed by atoms with Crippen LogP contribution in [0.4, 0.5) is 0 Å². The van der Waals surface area contributed by atoms with Gasteiger partial charge in [-0.2, -0.15) is 0 Å². The Bertz CT molecular complexity index is 501. The maximum atomic E-state index is 5.29. The second-order valence-corrected chi connectivity index (χ2v) is 6.27. The molecule has 1 saturated heterocycles. The van der Waals surface area contributed by atoms with Crippen molar-refractivity contribution in [2.45, 2.75) is 38.6 Å². The van der Waals surface area contributed by atoms with Crippen molar-refractivity contribution in [2.24, 2.45) is 4.99 Å². The number of methoxy groups -OCH3 is 1. The van der Waals surface area contributed by atoms with Gasteiger partial charge < -0.3 is 15.4 Å². The summed E-state index contributed by atoms with van der Waals surface area (Å²) in [5, 5.41) is 6.88. The number of hydrogen-bond acceptors (Lipinski definition) is 3. The molecule has 0 saturated carbocycles. The average Bonchev–Trinajstić information content (AvgIpc) is 3.15. The van der Waals surface area contributed by atoms with Crippen molar-refractivity contribution in [3.63, 3.8) is 0 Å². The number of rotatable bonds is 8. The number of nitrogens with zero attached hydrogens (tertiary/aromatic N) is 2. The molecule has 0 bridgehead atoms. The second kappa shape index (κ2) is 12.4. The molecule has 0 spiro atoms. The molecule has 142 valence electrons. The van der Waals surface area contributed by atoms with E-state index in [1.165, 1.54) is 37.9 Å². The van der Waals surface area contributed by atoms with Crippen LogP contribution in [0.2, 0.25) is 0 Å². The molecule has 5 nitrogen and oxygen atoms in total. The van der Waals surface area contributed by atoms with Gasteiger partial charge in [-0.25, -0.2) is 0 Å². The lowest BCUT2D eigenvalue weighted by Gasteiger charge is -2.29. The molecule has 2 rings (SSSR count). The predicted molar refractivity (Wildman–Crippen MR) is 116 cm³/mol. The molecular formula is C19H33IN4O. The third-order valence-corrected chi connectivity index (χ3v) is 4.59. The third kappa shape index (κ3) is 7.01. The van der Waals surface area contributed by atoms with Crippen LogP contribution in [0.5, 0.6) is 5.75 Å². The van der Waals surface area contributed by atoms with Crippen LogP contribution in [0.1, 0.15) is 44.2 Å². The number of benzene rings is 1. The Kier molecular flexibility index (Phi) is 10.9. The van der Waals surface area contributed by atoms with E-state index in [2.05, 4.69) is 39.6 Å². The molecule has 1 aliphatic heterocycles. The fraction of sp³-hybridized carbons (Fsp3) is 0.632. The number of nitrogens with one attached hydrogen (secondary N) is 2. The maximum Gasteiger partial charge on any atom is 0.191 e. The van der Waals surface area contributed by atoms with Gasteiger partial charge in [-0.15, -0.1) is 24.0 Å². The monoisotopic (exact) mass is 460 g/mol. The summed E-state index contributed by atoms with van der Waals surface area (Å²) in [6, 6.07) is 8.82. The third-order valence-electron chi connectivity index (χ3n) is 4.59. The first-order valence-electron chi connectivity index (χ1n) is 9.11. The standard InChI is InChI=1S/C19H32N4O.HI/c1-4-5-12-21-19(20-2)22-15-18(23-13-6-7-14-23)16-8-10-17(24-3)11-9-16;/h8-11,18H,4-7,12-15H2,1-3H3,(H2,20,21,22);1H. The highest BCUT2D eigenvalue weighted by Crippen LogP contribution is 2.26. The molecular weight excluding hydrogens is 427 g/mol. The Morgan fingerprint density at radius 2 is 1.88 bits per heavy atom. The predicted octanol–water partition coefficient (Wildman–Crippen LogP) is 3.42. The lowest BCUT2D eigenvalue weighted by Crippen LogP contribution is -2.42. The van der Waals surface area contributed by atoms with Crippen molar-refractivity contribution in [1.29, 1.82) is 0 Å². The van der Waals surface area contributed by atoms with Crippen LogP contribution in [-0.4, -0.2) is 51.2 Å². The molecule has 1 aliphatic rings. The second-order valence-electron chi connectivity index (χ2n) is 6.27. The van der Waals surface area contributed by atoms with Crippen molar-refractivity contribution in [1.82, 2.24) is 15.5 Å². The molecule has 2 N–H and O–H groups in total. The molecule has 1 fully saturated rings. The number of guanidine groups is 1. The molecule has 1 atom stereocenters.